The zero-order valence-electron chi connectivity index (χ0n) is 18.1. The Balaban J connectivity index is 1.49. The van der Waals surface area contributed by atoms with E-state index in [4.69, 9.17) is 14.5 Å². The van der Waals surface area contributed by atoms with E-state index >= 15 is 0 Å². The van der Waals surface area contributed by atoms with Gasteiger partial charge in [-0.15, -0.1) is 0 Å². The highest BCUT2D eigenvalue weighted by atomic mass is 16.5. The molecule has 2 aliphatic rings. The smallest absolute Gasteiger partial charge is 0.264 e. The maximum absolute atomic E-state index is 13.4. The minimum absolute atomic E-state index is 0.0102. The molecular formula is C23H29N5O3. The number of fused-ring (bicyclic) bond motifs is 1. The first-order valence-electron chi connectivity index (χ1n) is 11.0. The number of nitrogens with zero attached hydrogens (tertiary/aromatic N) is 4. The van der Waals surface area contributed by atoms with Crippen molar-refractivity contribution in [1.82, 2.24) is 24.6 Å². The summed E-state index contributed by atoms with van der Waals surface area (Å²) in [5, 5.41) is 7.54. The van der Waals surface area contributed by atoms with E-state index in [1.807, 2.05) is 22.8 Å². The highest BCUT2D eigenvalue weighted by Crippen LogP contribution is 2.35. The van der Waals surface area contributed by atoms with Gasteiger partial charge in [0.25, 0.3) is 5.56 Å². The molecule has 1 N–H and O–H groups in total. The average Bonchev–Trinajstić information content (AvgIpc) is 3.41. The molecule has 4 heterocycles. The Bertz CT molecular complexity index is 1120. The van der Waals surface area contributed by atoms with E-state index in [2.05, 4.69) is 28.1 Å². The summed E-state index contributed by atoms with van der Waals surface area (Å²) in [5.41, 5.74) is 1.77. The number of para-hydroxylation sites is 1. The van der Waals surface area contributed by atoms with Gasteiger partial charge in [-0.3, -0.25) is 19.4 Å². The largest absolute Gasteiger partial charge is 0.496 e. The van der Waals surface area contributed by atoms with Crippen molar-refractivity contribution in [3.05, 3.63) is 52.2 Å². The van der Waals surface area contributed by atoms with Gasteiger partial charge in [-0.05, 0) is 24.8 Å². The maximum atomic E-state index is 13.4. The lowest BCUT2D eigenvalue weighted by molar-refractivity contribution is 0.0672. The molecule has 0 spiro atoms. The maximum Gasteiger partial charge on any atom is 0.264 e. The fourth-order valence-electron chi connectivity index (χ4n) is 5.09. The molecule has 2 aliphatic heterocycles. The van der Waals surface area contributed by atoms with Gasteiger partial charge in [-0.1, -0.05) is 25.1 Å². The van der Waals surface area contributed by atoms with Crippen LogP contribution in [-0.4, -0.2) is 58.1 Å². The fraction of sp³-hybridized carbons (Fsp3) is 0.522. The summed E-state index contributed by atoms with van der Waals surface area (Å²) in [6, 6.07) is 8.28. The second-order valence-electron chi connectivity index (χ2n) is 8.71. The van der Waals surface area contributed by atoms with E-state index in [1.165, 1.54) is 5.56 Å². The van der Waals surface area contributed by atoms with Crippen LogP contribution in [-0.2, 0) is 11.3 Å². The highest BCUT2D eigenvalue weighted by Gasteiger charge is 2.36. The molecule has 2 atom stereocenters. The minimum Gasteiger partial charge on any atom is -0.496 e. The standard InChI is InChI=1S/C23H29N5O3/c1-15-12-27(13-16-5-3-4-6-20(16)30-2)14-19(15)22-25-21-18(11-24-26-21)23(29)28(22)17-7-9-31-10-8-17/h3-6,11,15,17,19H,7-10,12-14H2,1-2H3,(H,24,26)/t15-,19-/m1/s1. The van der Waals surface area contributed by atoms with E-state index in [9.17, 15) is 4.79 Å². The average molecular weight is 424 g/mol. The lowest BCUT2D eigenvalue weighted by Gasteiger charge is -2.28. The van der Waals surface area contributed by atoms with Crippen LogP contribution in [0.25, 0.3) is 11.0 Å². The topological polar surface area (TPSA) is 85.3 Å². The molecule has 2 fully saturated rings. The van der Waals surface area contributed by atoms with Crippen molar-refractivity contribution >= 4 is 11.0 Å². The van der Waals surface area contributed by atoms with Gasteiger partial charge in [0.15, 0.2) is 5.65 Å². The summed E-state index contributed by atoms with van der Waals surface area (Å²) in [5.74, 6) is 2.35. The van der Waals surface area contributed by atoms with Gasteiger partial charge in [0.1, 0.15) is 17.0 Å². The van der Waals surface area contributed by atoms with E-state index < -0.39 is 0 Å². The number of aromatic amines is 1. The third-order valence-electron chi connectivity index (χ3n) is 6.70. The Morgan fingerprint density at radius 1 is 1.23 bits per heavy atom. The van der Waals surface area contributed by atoms with Gasteiger partial charge < -0.3 is 9.47 Å². The highest BCUT2D eigenvalue weighted by molar-refractivity contribution is 5.72. The molecule has 8 heteroatoms. The number of rotatable bonds is 5. The minimum atomic E-state index is 0.0102. The Hall–Kier alpha value is -2.71. The zero-order chi connectivity index (χ0) is 21.4. The number of H-pyrrole nitrogens is 1. The van der Waals surface area contributed by atoms with Gasteiger partial charge in [-0.2, -0.15) is 5.10 Å². The molecule has 0 unspecified atom stereocenters. The monoisotopic (exact) mass is 423 g/mol. The molecule has 3 aromatic rings. The van der Waals surface area contributed by atoms with Crippen LogP contribution in [0, 0.1) is 5.92 Å². The van der Waals surface area contributed by atoms with Crippen LogP contribution in [0.3, 0.4) is 0 Å². The predicted molar refractivity (Wildman–Crippen MR) is 117 cm³/mol. The zero-order valence-corrected chi connectivity index (χ0v) is 18.1. The number of hydrogen-bond donors (Lipinski definition) is 1. The molecular weight excluding hydrogens is 394 g/mol. The molecule has 0 bridgehead atoms. The van der Waals surface area contributed by atoms with E-state index in [1.54, 1.807) is 13.3 Å². The normalized spacial score (nSPS) is 22.9. The molecule has 0 aliphatic carbocycles. The summed E-state index contributed by atoms with van der Waals surface area (Å²) in [7, 11) is 1.71. The SMILES string of the molecule is COc1ccccc1CN1C[C@@H](C)[C@H](c2nc3[nH]ncc3c(=O)n2C2CCOCC2)C1. The van der Waals surface area contributed by atoms with Gasteiger partial charge in [-0.25, -0.2) is 4.98 Å². The Kier molecular flexibility index (Phi) is 5.50. The van der Waals surface area contributed by atoms with Gasteiger partial charge in [0, 0.05) is 50.4 Å². The number of aromatic nitrogens is 4. The number of methoxy groups -OCH3 is 1. The number of benzene rings is 1. The summed E-state index contributed by atoms with van der Waals surface area (Å²) < 4.78 is 13.0. The summed E-state index contributed by atoms with van der Waals surface area (Å²) in [6.07, 6.45) is 3.27. The molecule has 0 amide bonds. The van der Waals surface area contributed by atoms with Crippen molar-refractivity contribution in [2.45, 2.75) is 38.3 Å². The number of hydrogen-bond acceptors (Lipinski definition) is 6. The molecule has 164 valence electrons. The van der Waals surface area contributed by atoms with Gasteiger partial charge >= 0.3 is 0 Å². The van der Waals surface area contributed by atoms with Crippen LogP contribution in [0.2, 0.25) is 0 Å². The first kappa shape index (κ1) is 20.2. The lowest BCUT2D eigenvalue weighted by atomic mass is 9.96. The van der Waals surface area contributed by atoms with Crippen molar-refractivity contribution in [1.29, 1.82) is 0 Å². The summed E-state index contributed by atoms with van der Waals surface area (Å²) >= 11 is 0. The molecule has 5 rings (SSSR count). The lowest BCUT2D eigenvalue weighted by Crippen LogP contribution is -2.34. The first-order chi connectivity index (χ1) is 15.2. The van der Waals surface area contributed by atoms with E-state index in [-0.39, 0.29) is 17.5 Å². The molecule has 2 saturated heterocycles. The van der Waals surface area contributed by atoms with Crippen molar-refractivity contribution in [2.75, 3.05) is 33.4 Å². The molecule has 0 radical (unpaired) electrons. The van der Waals surface area contributed by atoms with Crippen LogP contribution in [0.5, 0.6) is 5.75 Å². The van der Waals surface area contributed by atoms with Crippen molar-refractivity contribution in [3.8, 4) is 5.75 Å². The van der Waals surface area contributed by atoms with Crippen molar-refractivity contribution in [3.63, 3.8) is 0 Å². The van der Waals surface area contributed by atoms with E-state index in [0.29, 0.717) is 30.2 Å². The summed E-state index contributed by atoms with van der Waals surface area (Å²) in [4.78, 5) is 20.8. The number of likely N-dealkylation sites (tertiary alicyclic amines) is 1. The van der Waals surface area contributed by atoms with Crippen LogP contribution in [0.1, 0.15) is 43.1 Å². The van der Waals surface area contributed by atoms with Crippen LogP contribution in [0.15, 0.2) is 35.3 Å². The second-order valence-corrected chi connectivity index (χ2v) is 8.71. The number of ether oxygens (including phenoxy) is 2. The Morgan fingerprint density at radius 3 is 2.84 bits per heavy atom. The molecule has 0 saturated carbocycles. The molecule has 8 nitrogen and oxygen atoms in total. The molecule has 31 heavy (non-hydrogen) atoms. The van der Waals surface area contributed by atoms with Crippen LogP contribution < -0.4 is 10.3 Å². The molecule has 2 aromatic heterocycles. The fourth-order valence-corrected chi connectivity index (χ4v) is 5.09. The third-order valence-corrected chi connectivity index (χ3v) is 6.70. The first-order valence-corrected chi connectivity index (χ1v) is 11.0. The van der Waals surface area contributed by atoms with Crippen molar-refractivity contribution in [2.24, 2.45) is 5.92 Å². The summed E-state index contributed by atoms with van der Waals surface area (Å²) in [6.45, 7) is 6.24. The third kappa shape index (κ3) is 3.74. The molecule has 1 aromatic carbocycles. The second kappa shape index (κ2) is 8.43. The van der Waals surface area contributed by atoms with Gasteiger partial charge in [0.05, 0.1) is 13.3 Å². The quantitative estimate of drug-likeness (QED) is 0.679. The van der Waals surface area contributed by atoms with E-state index in [0.717, 1.165) is 44.0 Å². The van der Waals surface area contributed by atoms with Crippen LogP contribution in [0.4, 0.5) is 0 Å². The predicted octanol–water partition coefficient (Wildman–Crippen LogP) is 2.72. The van der Waals surface area contributed by atoms with Crippen molar-refractivity contribution < 1.29 is 9.47 Å². The Morgan fingerprint density at radius 2 is 2.03 bits per heavy atom. The number of nitrogens with one attached hydrogen (secondary N) is 1. The van der Waals surface area contributed by atoms with Crippen LogP contribution >= 0.6 is 0 Å². The van der Waals surface area contributed by atoms with Gasteiger partial charge in [0.2, 0.25) is 0 Å². The Labute approximate surface area is 181 Å².